The van der Waals surface area contributed by atoms with Gasteiger partial charge < -0.3 is 0 Å². The predicted molar refractivity (Wildman–Crippen MR) is 54.3 cm³/mol. The van der Waals surface area contributed by atoms with E-state index in [1.807, 2.05) is 0 Å². The third kappa shape index (κ3) is 2.28. The van der Waals surface area contributed by atoms with Gasteiger partial charge in [0, 0.05) is 16.9 Å². The Bertz CT molecular complexity index is 400. The quantitative estimate of drug-likeness (QED) is 0.821. The van der Waals surface area contributed by atoms with Crippen molar-refractivity contribution in [1.29, 1.82) is 0 Å². The Morgan fingerprint density at radius 1 is 1.38 bits per heavy atom. The van der Waals surface area contributed by atoms with Crippen molar-refractivity contribution in [2.75, 3.05) is 0 Å². The fraction of sp³-hybridized carbons (Fsp3) is 0.375. The van der Waals surface area contributed by atoms with Crippen LogP contribution in [0.5, 0.6) is 0 Å². The number of pyridine rings is 1. The third-order valence-corrected chi connectivity index (χ3v) is 4.18. The molecule has 1 heterocycles. The van der Waals surface area contributed by atoms with Crippen molar-refractivity contribution in [3.8, 4) is 0 Å². The van der Waals surface area contributed by atoms with Crippen LogP contribution in [0.4, 0.5) is 0 Å². The van der Waals surface area contributed by atoms with Gasteiger partial charge in [0.2, 0.25) is 0 Å². The molecule has 72 valence electrons. The van der Waals surface area contributed by atoms with Gasteiger partial charge in [-0.25, -0.2) is 8.42 Å². The first-order chi connectivity index (χ1) is 5.94. The van der Waals surface area contributed by atoms with E-state index in [9.17, 15) is 8.42 Å². The first kappa shape index (κ1) is 10.7. The molecule has 0 atom stereocenters. The lowest BCUT2D eigenvalue weighted by atomic mass is 10.5. The molecule has 0 aliphatic rings. The van der Waals surface area contributed by atoms with Crippen LogP contribution in [0.25, 0.3) is 0 Å². The smallest absolute Gasteiger partial charge is 0.182 e. The molecule has 1 aromatic heterocycles. The second-order valence-electron chi connectivity index (χ2n) is 2.93. The molecule has 0 saturated heterocycles. The monoisotopic (exact) mass is 263 g/mol. The van der Waals surface area contributed by atoms with Crippen LogP contribution < -0.4 is 0 Å². The number of aromatic nitrogens is 1. The largest absolute Gasteiger partial charge is 0.262 e. The summed E-state index contributed by atoms with van der Waals surface area (Å²) in [5, 5.41) is -0.413. The van der Waals surface area contributed by atoms with Crippen molar-refractivity contribution < 1.29 is 8.42 Å². The van der Waals surface area contributed by atoms with Crippen molar-refractivity contribution in [2.45, 2.75) is 24.0 Å². The number of hydrogen-bond donors (Lipinski definition) is 0. The van der Waals surface area contributed by atoms with Crippen LogP contribution in [-0.4, -0.2) is 18.7 Å². The molecule has 0 aromatic carbocycles. The van der Waals surface area contributed by atoms with Gasteiger partial charge in [0.25, 0.3) is 0 Å². The summed E-state index contributed by atoms with van der Waals surface area (Å²) in [5.41, 5.74) is 0. The van der Waals surface area contributed by atoms with Crippen LogP contribution in [0, 0.1) is 0 Å². The van der Waals surface area contributed by atoms with E-state index in [1.165, 1.54) is 6.20 Å². The Labute approximate surface area is 86.2 Å². The minimum absolute atomic E-state index is 0.261. The van der Waals surface area contributed by atoms with E-state index in [0.29, 0.717) is 4.47 Å². The highest BCUT2D eigenvalue weighted by Crippen LogP contribution is 2.18. The maximum atomic E-state index is 11.6. The molecule has 13 heavy (non-hydrogen) atoms. The Kier molecular flexibility index (Phi) is 3.08. The van der Waals surface area contributed by atoms with Gasteiger partial charge in [-0.1, -0.05) is 0 Å². The average molecular weight is 264 g/mol. The summed E-state index contributed by atoms with van der Waals surface area (Å²) in [6.45, 7) is 3.30. The maximum Gasteiger partial charge on any atom is 0.182 e. The molecule has 0 amide bonds. The van der Waals surface area contributed by atoms with E-state index in [0.717, 1.165) is 0 Å². The van der Waals surface area contributed by atoms with E-state index in [1.54, 1.807) is 26.1 Å². The van der Waals surface area contributed by atoms with Crippen molar-refractivity contribution in [3.05, 3.63) is 22.9 Å². The standard InChI is InChI=1S/C8H10BrNO2S/c1-6(2)13(11,12)8-3-7(9)4-10-5-8/h3-6H,1-2H3. The van der Waals surface area contributed by atoms with E-state index < -0.39 is 15.1 Å². The van der Waals surface area contributed by atoms with Crippen LogP contribution in [-0.2, 0) is 9.84 Å². The summed E-state index contributed by atoms with van der Waals surface area (Å²) >= 11 is 3.18. The van der Waals surface area contributed by atoms with Crippen molar-refractivity contribution in [2.24, 2.45) is 0 Å². The van der Waals surface area contributed by atoms with Gasteiger partial charge in [0.15, 0.2) is 9.84 Å². The summed E-state index contributed by atoms with van der Waals surface area (Å²) < 4.78 is 23.9. The van der Waals surface area contributed by atoms with Crippen molar-refractivity contribution >= 4 is 25.8 Å². The summed E-state index contributed by atoms with van der Waals surface area (Å²) in [6.07, 6.45) is 2.92. The zero-order valence-corrected chi connectivity index (χ0v) is 9.76. The van der Waals surface area contributed by atoms with Crippen LogP contribution in [0.3, 0.4) is 0 Å². The first-order valence-corrected chi connectivity index (χ1v) is 6.13. The minimum Gasteiger partial charge on any atom is -0.262 e. The molecule has 0 aliphatic heterocycles. The topological polar surface area (TPSA) is 47.0 Å². The number of hydrogen-bond acceptors (Lipinski definition) is 3. The number of sulfone groups is 1. The van der Waals surface area contributed by atoms with E-state index in [-0.39, 0.29) is 4.90 Å². The second-order valence-corrected chi connectivity index (χ2v) is 6.35. The third-order valence-electron chi connectivity index (χ3n) is 1.63. The SMILES string of the molecule is CC(C)S(=O)(=O)c1cncc(Br)c1. The molecule has 0 bridgehead atoms. The molecule has 1 aromatic rings. The van der Waals surface area contributed by atoms with Crippen LogP contribution >= 0.6 is 15.9 Å². The van der Waals surface area contributed by atoms with Crippen molar-refractivity contribution in [1.82, 2.24) is 4.98 Å². The summed E-state index contributed by atoms with van der Waals surface area (Å²) in [5.74, 6) is 0. The van der Waals surface area contributed by atoms with Gasteiger partial charge in [0.1, 0.15) is 0 Å². The van der Waals surface area contributed by atoms with Gasteiger partial charge in [0.05, 0.1) is 10.1 Å². The molecular weight excluding hydrogens is 254 g/mol. The predicted octanol–water partition coefficient (Wildman–Crippen LogP) is 2.03. The Hall–Kier alpha value is -0.420. The molecule has 0 spiro atoms. The fourth-order valence-corrected chi connectivity index (χ4v) is 2.38. The molecule has 0 saturated carbocycles. The summed E-state index contributed by atoms with van der Waals surface area (Å²) in [7, 11) is -3.19. The molecule has 5 heteroatoms. The lowest BCUT2D eigenvalue weighted by molar-refractivity contribution is 0.587. The van der Waals surface area contributed by atoms with Gasteiger partial charge in [-0.2, -0.15) is 0 Å². The normalized spacial score (nSPS) is 12.0. The number of halogens is 1. The van der Waals surface area contributed by atoms with Gasteiger partial charge in [-0.3, -0.25) is 4.98 Å². The fourth-order valence-electron chi connectivity index (χ4n) is 0.820. The molecule has 3 nitrogen and oxygen atoms in total. The molecule has 1 rings (SSSR count). The summed E-state index contributed by atoms with van der Waals surface area (Å²) in [4.78, 5) is 4.07. The zero-order valence-electron chi connectivity index (χ0n) is 7.36. The molecule has 0 aliphatic carbocycles. The Morgan fingerprint density at radius 3 is 2.46 bits per heavy atom. The lowest BCUT2D eigenvalue weighted by Gasteiger charge is -2.06. The molecular formula is C8H10BrNO2S. The van der Waals surface area contributed by atoms with E-state index in [4.69, 9.17) is 0 Å². The minimum atomic E-state index is -3.19. The van der Waals surface area contributed by atoms with Gasteiger partial charge in [-0.05, 0) is 35.8 Å². The second kappa shape index (κ2) is 3.75. The van der Waals surface area contributed by atoms with E-state index in [2.05, 4.69) is 20.9 Å². The molecule has 0 radical (unpaired) electrons. The van der Waals surface area contributed by atoms with E-state index >= 15 is 0 Å². The zero-order chi connectivity index (χ0) is 10.1. The average Bonchev–Trinajstić information content (AvgIpc) is 2.04. The van der Waals surface area contributed by atoms with Gasteiger partial charge in [-0.15, -0.1) is 0 Å². The first-order valence-electron chi connectivity index (χ1n) is 3.79. The number of nitrogens with zero attached hydrogens (tertiary/aromatic N) is 1. The maximum absolute atomic E-state index is 11.6. The summed E-state index contributed by atoms with van der Waals surface area (Å²) in [6, 6.07) is 1.56. The highest BCUT2D eigenvalue weighted by Gasteiger charge is 2.19. The molecule has 0 N–H and O–H groups in total. The van der Waals surface area contributed by atoms with Crippen LogP contribution in [0.2, 0.25) is 0 Å². The van der Waals surface area contributed by atoms with Crippen LogP contribution in [0.15, 0.2) is 27.8 Å². The Morgan fingerprint density at radius 2 is 2.00 bits per heavy atom. The lowest BCUT2D eigenvalue weighted by Crippen LogP contribution is -2.14. The molecule has 0 fully saturated rings. The number of rotatable bonds is 2. The van der Waals surface area contributed by atoms with Crippen LogP contribution in [0.1, 0.15) is 13.8 Å². The molecule has 0 unspecified atom stereocenters. The van der Waals surface area contributed by atoms with Crippen molar-refractivity contribution in [3.63, 3.8) is 0 Å². The highest BCUT2D eigenvalue weighted by molar-refractivity contribution is 9.10. The Balaban J connectivity index is 3.24. The van der Waals surface area contributed by atoms with Gasteiger partial charge >= 0.3 is 0 Å². The highest BCUT2D eigenvalue weighted by atomic mass is 79.9.